The number of ether oxygens (including phenoxy) is 1. The van der Waals surface area contributed by atoms with Gasteiger partial charge in [0.2, 0.25) is 10.0 Å². The average molecular weight is 374 g/mol. The summed E-state index contributed by atoms with van der Waals surface area (Å²) < 4.78 is 32.5. The highest BCUT2D eigenvalue weighted by molar-refractivity contribution is 7.89. The van der Waals surface area contributed by atoms with Crippen LogP contribution in [0.4, 0.5) is 0 Å². The molecule has 1 aliphatic heterocycles. The van der Waals surface area contributed by atoms with Crippen LogP contribution in [0.1, 0.15) is 28.4 Å². The van der Waals surface area contributed by atoms with Crippen LogP contribution >= 0.6 is 0 Å². The Morgan fingerprint density at radius 1 is 1.23 bits per heavy atom. The van der Waals surface area contributed by atoms with Gasteiger partial charge in [-0.2, -0.15) is 0 Å². The topological polar surface area (TPSA) is 84.5 Å². The molecule has 1 atom stereocenters. The number of carbonyl (C=O) groups excluding carboxylic acids is 1. The van der Waals surface area contributed by atoms with Crippen LogP contribution in [-0.4, -0.2) is 33.5 Å². The predicted octanol–water partition coefficient (Wildman–Crippen LogP) is 2.03. The van der Waals surface area contributed by atoms with Gasteiger partial charge in [0.15, 0.2) is 0 Å². The predicted molar refractivity (Wildman–Crippen MR) is 98.9 cm³/mol. The summed E-state index contributed by atoms with van der Waals surface area (Å²) in [6.07, 6.45) is 0.620. The van der Waals surface area contributed by atoms with Crippen LogP contribution in [0, 0.1) is 6.92 Å². The molecule has 3 rings (SSSR count). The fraction of sp³-hybridized carbons (Fsp3) is 0.316. The molecule has 0 fully saturated rings. The monoisotopic (exact) mass is 374 g/mol. The van der Waals surface area contributed by atoms with Crippen molar-refractivity contribution in [3.63, 3.8) is 0 Å². The van der Waals surface area contributed by atoms with Crippen LogP contribution in [-0.2, 0) is 16.4 Å². The molecule has 1 heterocycles. The van der Waals surface area contributed by atoms with Crippen LogP contribution < -0.4 is 14.8 Å². The largest absolute Gasteiger partial charge is 0.488 e. The number of nitrogens with one attached hydrogen (secondary N) is 2. The van der Waals surface area contributed by atoms with Crippen molar-refractivity contribution in [2.75, 3.05) is 13.1 Å². The van der Waals surface area contributed by atoms with Gasteiger partial charge >= 0.3 is 0 Å². The Hall–Kier alpha value is -2.38. The van der Waals surface area contributed by atoms with E-state index in [1.54, 1.807) is 19.9 Å². The first kappa shape index (κ1) is 18.4. The number of carbonyl (C=O) groups is 1. The summed E-state index contributed by atoms with van der Waals surface area (Å²) >= 11 is 0. The number of para-hydroxylation sites is 1. The number of aryl methyl sites for hydroxylation is 1. The van der Waals surface area contributed by atoms with Crippen LogP contribution in [0.5, 0.6) is 5.75 Å². The maximum absolute atomic E-state index is 12.6. The van der Waals surface area contributed by atoms with Crippen molar-refractivity contribution in [2.45, 2.75) is 31.3 Å². The van der Waals surface area contributed by atoms with E-state index < -0.39 is 10.0 Å². The molecule has 0 bridgehead atoms. The second kappa shape index (κ2) is 7.47. The van der Waals surface area contributed by atoms with Gasteiger partial charge in [0, 0.05) is 18.5 Å². The molecule has 6 nitrogen and oxygen atoms in total. The van der Waals surface area contributed by atoms with E-state index in [-0.39, 0.29) is 23.5 Å². The fourth-order valence-electron chi connectivity index (χ4n) is 2.96. The number of sulfonamides is 1. The molecule has 1 aliphatic rings. The lowest BCUT2D eigenvalue weighted by Crippen LogP contribution is -2.35. The molecule has 1 unspecified atom stereocenters. The minimum atomic E-state index is -3.60. The summed E-state index contributed by atoms with van der Waals surface area (Å²) in [4.78, 5) is 12.6. The normalized spacial score (nSPS) is 16.0. The minimum Gasteiger partial charge on any atom is -0.488 e. The van der Waals surface area contributed by atoms with Gasteiger partial charge in [-0.1, -0.05) is 31.2 Å². The lowest BCUT2D eigenvalue weighted by atomic mass is 10.1. The third kappa shape index (κ3) is 3.89. The van der Waals surface area contributed by atoms with Crippen molar-refractivity contribution in [1.29, 1.82) is 0 Å². The van der Waals surface area contributed by atoms with Gasteiger partial charge in [0.25, 0.3) is 5.91 Å². The number of hydrogen-bond acceptors (Lipinski definition) is 4. The number of rotatable bonds is 6. The maximum atomic E-state index is 12.6. The smallest absolute Gasteiger partial charge is 0.251 e. The molecular weight excluding hydrogens is 352 g/mol. The number of fused-ring (bicyclic) bond motifs is 1. The first-order chi connectivity index (χ1) is 12.4. The molecule has 138 valence electrons. The van der Waals surface area contributed by atoms with Gasteiger partial charge in [-0.15, -0.1) is 0 Å². The van der Waals surface area contributed by atoms with Gasteiger partial charge in [0.1, 0.15) is 11.9 Å². The molecule has 0 radical (unpaired) electrons. The Bertz CT molecular complexity index is 900. The van der Waals surface area contributed by atoms with Crippen LogP contribution in [0.3, 0.4) is 0 Å². The van der Waals surface area contributed by atoms with Gasteiger partial charge in [0.05, 0.1) is 11.4 Å². The van der Waals surface area contributed by atoms with Gasteiger partial charge in [-0.05, 0) is 36.2 Å². The molecule has 7 heteroatoms. The molecule has 0 spiro atoms. The molecule has 2 aromatic rings. The summed E-state index contributed by atoms with van der Waals surface area (Å²) in [5, 5.41) is 2.85. The van der Waals surface area contributed by atoms with Crippen molar-refractivity contribution >= 4 is 15.9 Å². The zero-order chi connectivity index (χ0) is 18.7. The minimum absolute atomic E-state index is 0.0830. The summed E-state index contributed by atoms with van der Waals surface area (Å²) in [7, 11) is -3.60. The fourth-order valence-corrected chi connectivity index (χ4v) is 4.02. The van der Waals surface area contributed by atoms with E-state index in [2.05, 4.69) is 10.0 Å². The van der Waals surface area contributed by atoms with E-state index in [9.17, 15) is 13.2 Å². The summed E-state index contributed by atoms with van der Waals surface area (Å²) in [6.45, 7) is 4.13. The van der Waals surface area contributed by atoms with Crippen molar-refractivity contribution in [3.05, 3.63) is 59.2 Å². The molecule has 0 saturated heterocycles. The van der Waals surface area contributed by atoms with E-state index in [0.717, 1.165) is 17.7 Å². The highest BCUT2D eigenvalue weighted by Crippen LogP contribution is 2.27. The van der Waals surface area contributed by atoms with E-state index >= 15 is 0 Å². The highest BCUT2D eigenvalue weighted by Gasteiger charge is 2.23. The lowest BCUT2D eigenvalue weighted by Gasteiger charge is -2.14. The van der Waals surface area contributed by atoms with Crippen molar-refractivity contribution in [3.8, 4) is 5.75 Å². The molecular formula is C19H22N2O4S. The molecule has 26 heavy (non-hydrogen) atoms. The quantitative estimate of drug-likeness (QED) is 0.810. The summed E-state index contributed by atoms with van der Waals surface area (Å²) in [5.74, 6) is 0.539. The van der Waals surface area contributed by atoms with Crippen LogP contribution in [0.2, 0.25) is 0 Å². The Labute approximate surface area is 153 Å². The zero-order valence-corrected chi connectivity index (χ0v) is 15.6. The van der Waals surface area contributed by atoms with Crippen molar-refractivity contribution in [1.82, 2.24) is 10.0 Å². The highest BCUT2D eigenvalue weighted by atomic mass is 32.2. The Kier molecular flexibility index (Phi) is 5.29. The van der Waals surface area contributed by atoms with Crippen molar-refractivity contribution < 1.29 is 17.9 Å². The Morgan fingerprint density at radius 3 is 2.73 bits per heavy atom. The maximum Gasteiger partial charge on any atom is 0.251 e. The summed E-state index contributed by atoms with van der Waals surface area (Å²) in [6, 6.07) is 12.4. The van der Waals surface area contributed by atoms with Gasteiger partial charge in [-0.3, -0.25) is 4.79 Å². The van der Waals surface area contributed by atoms with E-state index in [1.807, 2.05) is 24.3 Å². The lowest BCUT2D eigenvalue weighted by molar-refractivity contribution is 0.0932. The van der Waals surface area contributed by atoms with Gasteiger partial charge in [-0.25, -0.2) is 13.1 Å². The molecule has 2 aromatic carbocycles. The van der Waals surface area contributed by atoms with Gasteiger partial charge < -0.3 is 10.1 Å². The van der Waals surface area contributed by atoms with Crippen LogP contribution in [0.25, 0.3) is 0 Å². The standard InChI is InChI=1S/C19H22N2O4S/c1-3-21-26(23,24)16-9-8-13(2)17(11-16)19(22)20-12-15-10-14-6-4-5-7-18(14)25-15/h4-9,11,15,21H,3,10,12H2,1-2H3,(H,20,22). The van der Waals surface area contributed by atoms with E-state index in [1.165, 1.54) is 12.1 Å². The number of benzene rings is 2. The number of amides is 1. The first-order valence-electron chi connectivity index (χ1n) is 8.54. The zero-order valence-electron chi connectivity index (χ0n) is 14.8. The van der Waals surface area contributed by atoms with Crippen molar-refractivity contribution in [2.24, 2.45) is 0 Å². The molecule has 2 N–H and O–H groups in total. The molecule has 0 aromatic heterocycles. The first-order valence-corrected chi connectivity index (χ1v) is 10.0. The SMILES string of the molecule is CCNS(=O)(=O)c1ccc(C)c(C(=O)NCC2Cc3ccccc3O2)c1. The average Bonchev–Trinajstić information content (AvgIpc) is 3.02. The third-order valence-electron chi connectivity index (χ3n) is 4.30. The Balaban J connectivity index is 1.69. The molecule has 1 amide bonds. The second-order valence-corrected chi connectivity index (χ2v) is 8.01. The van der Waals surface area contributed by atoms with E-state index in [4.69, 9.17) is 4.74 Å². The Morgan fingerprint density at radius 2 is 2.00 bits per heavy atom. The molecule has 0 saturated carbocycles. The summed E-state index contributed by atoms with van der Waals surface area (Å²) in [5.41, 5.74) is 2.19. The second-order valence-electron chi connectivity index (χ2n) is 6.24. The third-order valence-corrected chi connectivity index (χ3v) is 5.85. The van der Waals surface area contributed by atoms with E-state index in [0.29, 0.717) is 17.7 Å². The molecule has 0 aliphatic carbocycles. The van der Waals surface area contributed by atoms with Crippen LogP contribution in [0.15, 0.2) is 47.4 Å². The number of hydrogen-bond donors (Lipinski definition) is 2.